The van der Waals surface area contributed by atoms with Crippen LogP contribution in [0.1, 0.15) is 41.4 Å². The first kappa shape index (κ1) is 47.5. The second-order valence-electron chi connectivity index (χ2n) is 12.5. The van der Waals surface area contributed by atoms with E-state index in [2.05, 4.69) is 20.1 Å². The molecule has 0 saturated carbocycles. The summed E-state index contributed by atoms with van der Waals surface area (Å²) in [6.45, 7) is 0. The number of carbonyl (C=O) groups is 4. The Morgan fingerprint density at radius 3 is 0.984 bits per heavy atom. The van der Waals surface area contributed by atoms with Gasteiger partial charge in [0, 0.05) is 42.6 Å². The normalized spacial score (nSPS) is 11.1. The molecular weight excluding hydrogens is 973 g/mol. The van der Waals surface area contributed by atoms with Crippen LogP contribution in [-0.4, -0.2) is 50.8 Å². The lowest BCUT2D eigenvalue weighted by atomic mass is 10.1. The molecule has 0 aliphatic rings. The first-order valence-corrected chi connectivity index (χ1v) is 22.2. The summed E-state index contributed by atoms with van der Waals surface area (Å²) in [5.74, 6) is -3.28. The van der Waals surface area contributed by atoms with E-state index in [0.29, 0.717) is 11.4 Å². The van der Waals surface area contributed by atoms with E-state index in [0.717, 1.165) is 0 Å². The summed E-state index contributed by atoms with van der Waals surface area (Å²) in [5, 5.41) is 23.7. The number of carbonyl (C=O) groups excluding carboxylic acids is 2. The topological polar surface area (TPSA) is 225 Å². The number of sulfonamides is 2. The van der Waals surface area contributed by atoms with Crippen molar-refractivity contribution in [1.29, 1.82) is 0 Å². The molecule has 6 rings (SSSR count). The highest BCUT2D eigenvalue weighted by molar-refractivity contribution is 7.93. The Labute approximate surface area is 383 Å². The van der Waals surface area contributed by atoms with Gasteiger partial charge in [-0.1, -0.05) is 69.6 Å². The van der Waals surface area contributed by atoms with E-state index in [1.165, 1.54) is 121 Å². The molecule has 0 aliphatic carbocycles. The number of amides is 2. The van der Waals surface area contributed by atoms with E-state index in [1.54, 1.807) is 0 Å². The van der Waals surface area contributed by atoms with Crippen molar-refractivity contribution in [2.45, 2.75) is 9.79 Å². The molecule has 14 nitrogen and oxygen atoms in total. The number of aromatic carboxylic acids is 2. The molecule has 0 fully saturated rings. The van der Waals surface area contributed by atoms with Gasteiger partial charge in [-0.3, -0.25) is 19.0 Å². The standard InChI is InChI=1S/2C20H13Cl3N2O5S/c2*21-13-8-14(22)10-16(9-13)31(29,30)25-18-7-12(3-6-17(18)23)19(26)24-15-4-1-11(2-5-15)20(27)28/h2*1-10,25H,(H,24,26)(H,27,28). The Morgan fingerprint density at radius 2 is 0.694 bits per heavy atom. The molecule has 0 aromatic heterocycles. The van der Waals surface area contributed by atoms with Crippen LogP contribution in [0.5, 0.6) is 0 Å². The number of anilines is 4. The molecule has 0 unspecified atom stereocenters. The maximum Gasteiger partial charge on any atom is 0.335 e. The summed E-state index contributed by atoms with van der Waals surface area (Å²) in [4.78, 5) is 46.6. The molecule has 6 aromatic rings. The predicted molar refractivity (Wildman–Crippen MR) is 240 cm³/mol. The molecule has 0 bridgehead atoms. The second kappa shape index (κ2) is 20.1. The highest BCUT2D eigenvalue weighted by Crippen LogP contribution is 2.31. The zero-order chi connectivity index (χ0) is 45.5. The summed E-state index contributed by atoms with van der Waals surface area (Å²) in [6, 6.07) is 26.9. The number of nitrogens with one attached hydrogen (secondary N) is 4. The average Bonchev–Trinajstić information content (AvgIpc) is 3.19. The van der Waals surface area contributed by atoms with Gasteiger partial charge in [0.05, 0.1) is 42.3 Å². The second-order valence-corrected chi connectivity index (χ2v) is 18.4. The van der Waals surface area contributed by atoms with Crippen molar-refractivity contribution < 1.29 is 46.2 Å². The van der Waals surface area contributed by atoms with Crippen molar-refractivity contribution in [2.75, 3.05) is 20.1 Å². The molecule has 0 radical (unpaired) electrons. The predicted octanol–water partition coefficient (Wildman–Crippen LogP) is 10.8. The van der Waals surface area contributed by atoms with E-state index < -0.39 is 43.8 Å². The monoisotopic (exact) mass is 996 g/mol. The molecule has 2 amide bonds. The fourth-order valence-electron chi connectivity index (χ4n) is 5.06. The zero-order valence-electron chi connectivity index (χ0n) is 30.8. The van der Waals surface area contributed by atoms with Crippen molar-refractivity contribution in [1.82, 2.24) is 0 Å². The van der Waals surface area contributed by atoms with Gasteiger partial charge in [-0.25, -0.2) is 26.4 Å². The third-order valence-electron chi connectivity index (χ3n) is 8.02. The van der Waals surface area contributed by atoms with Gasteiger partial charge in [0.1, 0.15) is 0 Å². The van der Waals surface area contributed by atoms with Gasteiger partial charge in [0.15, 0.2) is 0 Å². The molecule has 0 saturated heterocycles. The molecule has 6 N–H and O–H groups in total. The Morgan fingerprint density at radius 1 is 0.403 bits per heavy atom. The molecule has 0 aliphatic heterocycles. The van der Waals surface area contributed by atoms with E-state index in [4.69, 9.17) is 79.8 Å². The minimum Gasteiger partial charge on any atom is -0.478 e. The van der Waals surface area contributed by atoms with E-state index >= 15 is 0 Å². The van der Waals surface area contributed by atoms with Crippen LogP contribution in [0, 0.1) is 0 Å². The number of carboxylic acids is 2. The Hall–Kier alpha value is -5.56. The van der Waals surface area contributed by atoms with Crippen LogP contribution >= 0.6 is 69.6 Å². The number of halogens is 6. The lowest BCUT2D eigenvalue weighted by Gasteiger charge is -2.12. The Bertz CT molecular complexity index is 2720. The van der Waals surface area contributed by atoms with Crippen LogP contribution in [0.25, 0.3) is 0 Å². The molecule has 0 heterocycles. The van der Waals surface area contributed by atoms with Gasteiger partial charge < -0.3 is 20.8 Å². The van der Waals surface area contributed by atoms with Crippen LogP contribution in [0.4, 0.5) is 22.7 Å². The van der Waals surface area contributed by atoms with Crippen molar-refractivity contribution in [3.8, 4) is 0 Å². The number of hydrogen-bond acceptors (Lipinski definition) is 8. The SMILES string of the molecule is O=C(O)c1ccc(NC(=O)c2ccc(Cl)c(NS(=O)(=O)c3cc(Cl)cc(Cl)c3)c2)cc1.O=C(O)c1ccc(NC(=O)c2ccc(Cl)c(NS(=O)(=O)c3cc(Cl)cc(Cl)c3)c2)cc1. The average molecular weight is 1000 g/mol. The summed E-state index contributed by atoms with van der Waals surface area (Å²) < 4.78 is 55.4. The molecule has 320 valence electrons. The summed E-state index contributed by atoms with van der Waals surface area (Å²) in [7, 11) is -8.17. The number of carboxylic acid groups (broad SMARTS) is 2. The molecular formula is C40H26Cl6N4O10S2. The number of benzene rings is 6. The smallest absolute Gasteiger partial charge is 0.335 e. The highest BCUT2D eigenvalue weighted by Gasteiger charge is 2.21. The van der Waals surface area contributed by atoms with Crippen molar-refractivity contribution in [3.63, 3.8) is 0 Å². The fourth-order valence-corrected chi connectivity index (χ4v) is 9.10. The lowest BCUT2D eigenvalue weighted by Crippen LogP contribution is -2.15. The van der Waals surface area contributed by atoms with E-state index in [9.17, 15) is 36.0 Å². The molecule has 6 aromatic carbocycles. The third-order valence-corrected chi connectivity index (χ3v) is 12.2. The van der Waals surface area contributed by atoms with Gasteiger partial charge in [0.25, 0.3) is 31.9 Å². The highest BCUT2D eigenvalue weighted by atomic mass is 35.5. The fraction of sp³-hybridized carbons (Fsp3) is 0. The molecule has 22 heteroatoms. The maximum atomic E-state index is 12.7. The third kappa shape index (κ3) is 12.7. The first-order chi connectivity index (χ1) is 29.1. The van der Waals surface area contributed by atoms with Gasteiger partial charge in [-0.15, -0.1) is 0 Å². The van der Waals surface area contributed by atoms with Crippen LogP contribution in [0.15, 0.2) is 131 Å². The maximum absolute atomic E-state index is 12.7. The summed E-state index contributed by atoms with van der Waals surface area (Å²) in [5.41, 5.74) is 1.06. The van der Waals surface area contributed by atoms with Crippen molar-refractivity contribution >= 4 is 136 Å². The molecule has 0 atom stereocenters. The lowest BCUT2D eigenvalue weighted by molar-refractivity contribution is 0.0686. The zero-order valence-corrected chi connectivity index (χ0v) is 37.0. The summed E-state index contributed by atoms with van der Waals surface area (Å²) >= 11 is 35.7. The van der Waals surface area contributed by atoms with Crippen LogP contribution in [0.3, 0.4) is 0 Å². The van der Waals surface area contributed by atoms with Crippen LogP contribution in [-0.2, 0) is 20.0 Å². The van der Waals surface area contributed by atoms with Crippen molar-refractivity contribution in [3.05, 3.63) is 174 Å². The Kier molecular flexibility index (Phi) is 15.4. The number of hydrogen-bond donors (Lipinski definition) is 6. The minimum absolute atomic E-state index is 0.0216. The largest absolute Gasteiger partial charge is 0.478 e. The van der Waals surface area contributed by atoms with Crippen LogP contribution in [0.2, 0.25) is 30.1 Å². The van der Waals surface area contributed by atoms with Gasteiger partial charge in [-0.05, 0) is 121 Å². The summed E-state index contributed by atoms with van der Waals surface area (Å²) in [6.07, 6.45) is 0. The number of rotatable bonds is 12. The van der Waals surface area contributed by atoms with Crippen molar-refractivity contribution in [2.24, 2.45) is 0 Å². The molecule has 62 heavy (non-hydrogen) atoms. The Balaban J connectivity index is 0.000000234. The van der Waals surface area contributed by atoms with Crippen LogP contribution < -0.4 is 20.1 Å². The quantitative estimate of drug-likeness (QED) is 0.0680. The van der Waals surface area contributed by atoms with Gasteiger partial charge in [0.2, 0.25) is 0 Å². The van der Waals surface area contributed by atoms with Gasteiger partial charge in [-0.2, -0.15) is 0 Å². The molecule has 0 spiro atoms. The first-order valence-electron chi connectivity index (χ1n) is 17.0. The van der Waals surface area contributed by atoms with Gasteiger partial charge >= 0.3 is 11.9 Å². The van der Waals surface area contributed by atoms with E-state index in [1.807, 2.05) is 0 Å². The minimum atomic E-state index is -4.09. The van der Waals surface area contributed by atoms with E-state index in [-0.39, 0.29) is 73.6 Å².